The Hall–Kier alpha value is -1.91. The van der Waals surface area contributed by atoms with Crippen LogP contribution in [-0.2, 0) is 0 Å². The minimum Gasteiger partial charge on any atom is -0.389 e. The fourth-order valence-electron chi connectivity index (χ4n) is 2.08. The van der Waals surface area contributed by atoms with Gasteiger partial charge in [-0.15, -0.1) is 0 Å². The molecule has 0 bridgehead atoms. The van der Waals surface area contributed by atoms with Crippen LogP contribution in [0.4, 0.5) is 5.69 Å². The summed E-state index contributed by atoms with van der Waals surface area (Å²) in [6.07, 6.45) is 0. The molecule has 0 unspecified atom stereocenters. The third-order valence-electron chi connectivity index (χ3n) is 3.26. The lowest BCUT2D eigenvalue weighted by atomic mass is 10.1. The fourth-order valence-corrected chi connectivity index (χ4v) is 2.46. The van der Waals surface area contributed by atoms with Crippen molar-refractivity contribution in [3.05, 3.63) is 64.2 Å². The standard InChI is InChI=1S/C16H15ClN2OS/c1-10-6-5-8-12(14(10)17)16(20)19(2)13-9-4-3-7-11(13)15(18)21/h3-9H,1-2H3,(H2,18,21). The van der Waals surface area contributed by atoms with E-state index >= 15 is 0 Å². The largest absolute Gasteiger partial charge is 0.389 e. The number of carbonyl (C=O) groups is 1. The summed E-state index contributed by atoms with van der Waals surface area (Å²) in [6, 6.07) is 12.6. The summed E-state index contributed by atoms with van der Waals surface area (Å²) in [5.74, 6) is -0.201. The first-order valence-corrected chi connectivity index (χ1v) is 7.14. The molecule has 0 aliphatic carbocycles. The maximum atomic E-state index is 12.7. The van der Waals surface area contributed by atoms with Crippen molar-refractivity contribution in [3.8, 4) is 0 Å². The van der Waals surface area contributed by atoms with E-state index in [0.717, 1.165) is 5.56 Å². The summed E-state index contributed by atoms with van der Waals surface area (Å²) in [5, 5.41) is 0.460. The maximum Gasteiger partial charge on any atom is 0.259 e. The highest BCUT2D eigenvalue weighted by molar-refractivity contribution is 7.80. The second kappa shape index (κ2) is 6.24. The van der Waals surface area contributed by atoms with Crippen LogP contribution in [0.1, 0.15) is 21.5 Å². The van der Waals surface area contributed by atoms with Crippen molar-refractivity contribution in [2.24, 2.45) is 5.73 Å². The number of nitrogens with zero attached hydrogens (tertiary/aromatic N) is 1. The number of nitrogens with two attached hydrogens (primary N) is 1. The van der Waals surface area contributed by atoms with Crippen LogP contribution in [0.3, 0.4) is 0 Å². The molecule has 0 saturated carbocycles. The van der Waals surface area contributed by atoms with Crippen molar-refractivity contribution >= 4 is 40.4 Å². The third-order valence-corrected chi connectivity index (χ3v) is 3.98. The van der Waals surface area contributed by atoms with E-state index in [9.17, 15) is 4.79 Å². The van der Waals surface area contributed by atoms with Gasteiger partial charge in [-0.25, -0.2) is 0 Å². The molecule has 0 radical (unpaired) electrons. The summed E-state index contributed by atoms with van der Waals surface area (Å²) >= 11 is 11.3. The van der Waals surface area contributed by atoms with Gasteiger partial charge < -0.3 is 10.6 Å². The summed E-state index contributed by atoms with van der Waals surface area (Å²) < 4.78 is 0. The van der Waals surface area contributed by atoms with Crippen molar-refractivity contribution in [1.82, 2.24) is 0 Å². The first-order valence-electron chi connectivity index (χ1n) is 6.35. The molecule has 0 atom stereocenters. The zero-order chi connectivity index (χ0) is 15.6. The number of rotatable bonds is 3. The van der Waals surface area contributed by atoms with E-state index in [1.54, 1.807) is 25.2 Å². The van der Waals surface area contributed by atoms with Gasteiger partial charge in [-0.1, -0.05) is 48.1 Å². The Bertz CT molecular complexity index is 715. The van der Waals surface area contributed by atoms with Gasteiger partial charge in [-0.2, -0.15) is 0 Å². The Labute approximate surface area is 134 Å². The Morgan fingerprint density at radius 2 is 1.76 bits per heavy atom. The molecule has 0 saturated heterocycles. The van der Waals surface area contributed by atoms with Gasteiger partial charge in [0.2, 0.25) is 0 Å². The predicted octanol–water partition coefficient (Wildman–Crippen LogP) is 3.56. The molecule has 0 aliphatic heterocycles. The monoisotopic (exact) mass is 318 g/mol. The van der Waals surface area contributed by atoms with Gasteiger partial charge in [0.15, 0.2) is 0 Å². The normalized spacial score (nSPS) is 10.2. The number of benzene rings is 2. The number of aryl methyl sites for hydroxylation is 1. The number of amides is 1. The highest BCUT2D eigenvalue weighted by Crippen LogP contribution is 2.25. The van der Waals surface area contributed by atoms with Gasteiger partial charge in [0, 0.05) is 12.6 Å². The van der Waals surface area contributed by atoms with Crippen LogP contribution in [0.25, 0.3) is 0 Å². The van der Waals surface area contributed by atoms with Crippen LogP contribution in [0, 0.1) is 6.92 Å². The lowest BCUT2D eigenvalue weighted by Crippen LogP contribution is -2.29. The molecule has 0 fully saturated rings. The van der Waals surface area contributed by atoms with Crippen molar-refractivity contribution in [3.63, 3.8) is 0 Å². The molecular formula is C16H15ClN2OS. The number of thiocarbonyl (C=S) groups is 1. The van der Waals surface area contributed by atoms with Crippen molar-refractivity contribution < 1.29 is 4.79 Å². The molecule has 2 aromatic carbocycles. The van der Waals surface area contributed by atoms with Gasteiger partial charge in [0.05, 0.1) is 16.3 Å². The lowest BCUT2D eigenvalue weighted by Gasteiger charge is -2.21. The number of anilines is 1. The van der Waals surface area contributed by atoms with Crippen LogP contribution < -0.4 is 10.6 Å². The molecule has 2 aromatic rings. The highest BCUT2D eigenvalue weighted by Gasteiger charge is 2.19. The second-order valence-electron chi connectivity index (χ2n) is 4.68. The highest BCUT2D eigenvalue weighted by atomic mass is 35.5. The molecule has 0 aromatic heterocycles. The van der Waals surface area contributed by atoms with Crippen molar-refractivity contribution in [2.75, 3.05) is 11.9 Å². The second-order valence-corrected chi connectivity index (χ2v) is 5.50. The van der Waals surface area contributed by atoms with Gasteiger partial charge >= 0.3 is 0 Å². The Kier molecular flexibility index (Phi) is 4.60. The summed E-state index contributed by atoms with van der Waals surface area (Å²) in [6.45, 7) is 1.86. The van der Waals surface area contributed by atoms with Crippen molar-refractivity contribution in [2.45, 2.75) is 6.92 Å². The number of halogens is 1. The number of hydrogen-bond acceptors (Lipinski definition) is 2. The van der Waals surface area contributed by atoms with Crippen molar-refractivity contribution in [1.29, 1.82) is 0 Å². The first-order chi connectivity index (χ1) is 9.93. The van der Waals surface area contributed by atoms with E-state index in [4.69, 9.17) is 29.6 Å². The Morgan fingerprint density at radius 3 is 2.43 bits per heavy atom. The van der Waals surface area contributed by atoms with Crippen LogP contribution in [0.2, 0.25) is 5.02 Å². The first kappa shape index (κ1) is 15.5. The SMILES string of the molecule is Cc1cccc(C(=O)N(C)c2ccccc2C(N)=S)c1Cl. The van der Waals surface area contributed by atoms with E-state index in [0.29, 0.717) is 21.8 Å². The molecule has 108 valence electrons. The summed E-state index contributed by atoms with van der Waals surface area (Å²) in [7, 11) is 1.68. The fraction of sp³-hybridized carbons (Fsp3) is 0.125. The molecule has 0 aliphatic rings. The average molecular weight is 319 g/mol. The molecule has 2 rings (SSSR count). The Balaban J connectivity index is 2.45. The van der Waals surface area contributed by atoms with Crippen LogP contribution in [-0.4, -0.2) is 17.9 Å². The summed E-state index contributed by atoms with van der Waals surface area (Å²) in [4.78, 5) is 14.4. The molecule has 0 heterocycles. The number of para-hydroxylation sites is 1. The van der Waals surface area contributed by atoms with E-state index in [1.807, 2.05) is 31.2 Å². The predicted molar refractivity (Wildman–Crippen MR) is 91.3 cm³/mol. The number of carbonyl (C=O) groups excluding carboxylic acids is 1. The molecule has 0 spiro atoms. The lowest BCUT2D eigenvalue weighted by molar-refractivity contribution is 0.0993. The van der Waals surface area contributed by atoms with Gasteiger partial charge in [0.25, 0.3) is 5.91 Å². The molecule has 1 amide bonds. The third kappa shape index (κ3) is 3.06. The van der Waals surface area contributed by atoms with Gasteiger partial charge in [-0.05, 0) is 30.7 Å². The topological polar surface area (TPSA) is 46.3 Å². The average Bonchev–Trinajstić information content (AvgIpc) is 2.48. The zero-order valence-electron chi connectivity index (χ0n) is 11.8. The molecular weight excluding hydrogens is 304 g/mol. The minimum absolute atomic E-state index is 0.201. The van der Waals surface area contributed by atoms with E-state index in [1.165, 1.54) is 4.90 Å². The molecule has 5 heteroatoms. The van der Waals surface area contributed by atoms with E-state index in [2.05, 4.69) is 0 Å². The van der Waals surface area contributed by atoms with Gasteiger partial charge in [0.1, 0.15) is 4.99 Å². The van der Waals surface area contributed by atoms with E-state index in [-0.39, 0.29) is 10.9 Å². The molecule has 3 nitrogen and oxygen atoms in total. The number of hydrogen-bond donors (Lipinski definition) is 1. The van der Waals surface area contributed by atoms with Crippen LogP contribution >= 0.6 is 23.8 Å². The molecule has 21 heavy (non-hydrogen) atoms. The zero-order valence-corrected chi connectivity index (χ0v) is 13.3. The Morgan fingerprint density at radius 1 is 1.14 bits per heavy atom. The minimum atomic E-state index is -0.201. The summed E-state index contributed by atoms with van der Waals surface area (Å²) in [5.41, 5.74) is 8.35. The quantitative estimate of drug-likeness (QED) is 0.880. The van der Waals surface area contributed by atoms with Crippen LogP contribution in [0.15, 0.2) is 42.5 Å². The van der Waals surface area contributed by atoms with Crippen LogP contribution in [0.5, 0.6) is 0 Å². The smallest absolute Gasteiger partial charge is 0.259 e. The van der Waals surface area contributed by atoms with E-state index < -0.39 is 0 Å². The van der Waals surface area contributed by atoms with Gasteiger partial charge in [-0.3, -0.25) is 4.79 Å². The maximum absolute atomic E-state index is 12.7. The molecule has 2 N–H and O–H groups in total.